The molecule has 1 saturated carbocycles. The molecule has 0 amide bonds. The van der Waals surface area contributed by atoms with Gasteiger partial charge in [0.2, 0.25) is 6.10 Å². The van der Waals surface area contributed by atoms with E-state index in [0.29, 0.717) is 17.1 Å². The Bertz CT molecular complexity index is 886. The topological polar surface area (TPSA) is 59.3 Å². The maximum atomic E-state index is 12.5. The number of nitrogens with zero attached hydrogens (tertiary/aromatic N) is 1. The Balaban J connectivity index is 1.72. The molecular formula is C22H20ClNO3. The number of esters is 1. The van der Waals surface area contributed by atoms with Crippen LogP contribution in [0.1, 0.15) is 25.5 Å². The molecule has 2 aromatic rings. The van der Waals surface area contributed by atoms with E-state index in [1.54, 1.807) is 30.3 Å². The molecule has 0 N–H and O–H groups in total. The lowest BCUT2D eigenvalue weighted by Crippen LogP contribution is -2.14. The van der Waals surface area contributed by atoms with Gasteiger partial charge in [-0.15, -0.1) is 0 Å². The van der Waals surface area contributed by atoms with Crippen LogP contribution in [-0.2, 0) is 9.53 Å². The van der Waals surface area contributed by atoms with Gasteiger partial charge in [-0.1, -0.05) is 61.9 Å². The zero-order valence-electron chi connectivity index (χ0n) is 15.1. The van der Waals surface area contributed by atoms with E-state index in [-0.39, 0.29) is 23.2 Å². The second kappa shape index (κ2) is 7.85. The number of benzene rings is 2. The fourth-order valence-corrected chi connectivity index (χ4v) is 3.45. The van der Waals surface area contributed by atoms with E-state index in [9.17, 15) is 10.1 Å². The van der Waals surface area contributed by atoms with Crippen molar-refractivity contribution in [1.29, 1.82) is 5.26 Å². The van der Waals surface area contributed by atoms with Gasteiger partial charge in [-0.2, -0.15) is 5.26 Å². The predicted molar refractivity (Wildman–Crippen MR) is 103 cm³/mol. The average Bonchev–Trinajstić information content (AvgIpc) is 3.21. The summed E-state index contributed by atoms with van der Waals surface area (Å²) >= 11 is 5.65. The first-order chi connectivity index (χ1) is 13.0. The maximum absolute atomic E-state index is 12.5. The molecule has 3 atom stereocenters. The van der Waals surface area contributed by atoms with Crippen molar-refractivity contribution in [2.24, 2.45) is 17.3 Å². The number of hydrogen-bond acceptors (Lipinski definition) is 4. The second-order valence-electron chi connectivity index (χ2n) is 7.08. The number of carbonyl (C=O) groups excluding carboxylic acids is 1. The lowest BCUT2D eigenvalue weighted by atomic mass is 10.1. The monoisotopic (exact) mass is 381 g/mol. The van der Waals surface area contributed by atoms with E-state index < -0.39 is 6.10 Å². The molecule has 138 valence electrons. The molecule has 0 saturated heterocycles. The summed E-state index contributed by atoms with van der Waals surface area (Å²) in [6.07, 6.45) is 0.803. The number of halogens is 1. The van der Waals surface area contributed by atoms with Crippen LogP contribution in [0.25, 0.3) is 0 Å². The number of allylic oxidation sites excluding steroid dienone is 1. The average molecular weight is 382 g/mol. The molecule has 3 rings (SSSR count). The van der Waals surface area contributed by atoms with Crippen LogP contribution in [0.5, 0.6) is 11.5 Å². The summed E-state index contributed by atoms with van der Waals surface area (Å²) in [6.45, 7) is 3.96. The molecule has 0 spiro atoms. The number of rotatable bonds is 6. The van der Waals surface area contributed by atoms with Crippen molar-refractivity contribution in [1.82, 2.24) is 0 Å². The molecular weight excluding hydrogens is 362 g/mol. The third kappa shape index (κ3) is 4.15. The molecule has 27 heavy (non-hydrogen) atoms. The van der Waals surface area contributed by atoms with Crippen LogP contribution in [0.2, 0.25) is 0 Å². The van der Waals surface area contributed by atoms with Crippen molar-refractivity contribution in [3.05, 3.63) is 71.8 Å². The number of ether oxygens (including phenoxy) is 2. The van der Waals surface area contributed by atoms with Gasteiger partial charge in [0, 0.05) is 11.1 Å². The zero-order valence-corrected chi connectivity index (χ0v) is 15.9. The smallest absolute Gasteiger partial charge is 0.311 e. The van der Waals surface area contributed by atoms with Gasteiger partial charge in [0.05, 0.1) is 5.92 Å². The van der Waals surface area contributed by atoms with Gasteiger partial charge in [-0.05, 0) is 35.6 Å². The molecule has 4 nitrogen and oxygen atoms in total. The first kappa shape index (κ1) is 19.0. The molecule has 0 aromatic heterocycles. The molecule has 0 bridgehead atoms. The molecule has 0 heterocycles. The Labute approximate surface area is 164 Å². The SMILES string of the molecule is CC1(C)[C@H](/C=C/Cl)[C@H]1C(=O)OC(C#N)c1cccc(Oc2ccccc2)c1. The highest BCUT2D eigenvalue weighted by Crippen LogP contribution is 2.59. The minimum Gasteiger partial charge on any atom is -0.457 e. The minimum atomic E-state index is -0.992. The van der Waals surface area contributed by atoms with Crippen molar-refractivity contribution >= 4 is 17.6 Å². The fourth-order valence-electron chi connectivity index (χ4n) is 3.29. The van der Waals surface area contributed by atoms with Crippen molar-refractivity contribution in [2.75, 3.05) is 0 Å². The third-order valence-electron chi connectivity index (χ3n) is 4.94. The van der Waals surface area contributed by atoms with E-state index >= 15 is 0 Å². The highest BCUT2D eigenvalue weighted by atomic mass is 35.5. The van der Waals surface area contributed by atoms with Gasteiger partial charge in [0.15, 0.2) is 0 Å². The van der Waals surface area contributed by atoms with Crippen LogP contribution >= 0.6 is 11.6 Å². The van der Waals surface area contributed by atoms with Crippen LogP contribution in [0.15, 0.2) is 66.2 Å². The van der Waals surface area contributed by atoms with Gasteiger partial charge in [0.1, 0.15) is 17.6 Å². The molecule has 0 radical (unpaired) electrons. The van der Waals surface area contributed by atoms with Crippen molar-refractivity contribution in [3.63, 3.8) is 0 Å². The van der Waals surface area contributed by atoms with Crippen LogP contribution < -0.4 is 4.74 Å². The molecule has 1 unspecified atom stereocenters. The van der Waals surface area contributed by atoms with E-state index in [4.69, 9.17) is 21.1 Å². The molecule has 1 aliphatic rings. The molecule has 5 heteroatoms. The van der Waals surface area contributed by atoms with E-state index in [2.05, 4.69) is 6.07 Å². The number of carbonyl (C=O) groups is 1. The van der Waals surface area contributed by atoms with Gasteiger partial charge in [-0.25, -0.2) is 0 Å². The summed E-state index contributed by atoms with van der Waals surface area (Å²) in [5, 5.41) is 9.51. The van der Waals surface area contributed by atoms with Crippen LogP contribution in [0.3, 0.4) is 0 Å². The third-order valence-corrected chi connectivity index (χ3v) is 5.08. The van der Waals surface area contributed by atoms with Crippen LogP contribution in [-0.4, -0.2) is 5.97 Å². The Hall–Kier alpha value is -2.77. The molecule has 0 aliphatic heterocycles. The lowest BCUT2D eigenvalue weighted by Gasteiger charge is -2.13. The zero-order chi connectivity index (χ0) is 19.4. The van der Waals surface area contributed by atoms with Crippen molar-refractivity contribution in [2.45, 2.75) is 20.0 Å². The Morgan fingerprint density at radius 3 is 2.56 bits per heavy atom. The van der Waals surface area contributed by atoms with Crippen LogP contribution in [0.4, 0.5) is 0 Å². The van der Waals surface area contributed by atoms with E-state index in [1.165, 1.54) is 5.54 Å². The van der Waals surface area contributed by atoms with Gasteiger partial charge >= 0.3 is 5.97 Å². The maximum Gasteiger partial charge on any atom is 0.311 e. The van der Waals surface area contributed by atoms with E-state index in [0.717, 1.165) is 0 Å². The van der Waals surface area contributed by atoms with Crippen LogP contribution in [0, 0.1) is 28.6 Å². The molecule has 1 fully saturated rings. The van der Waals surface area contributed by atoms with E-state index in [1.807, 2.05) is 44.2 Å². The summed E-state index contributed by atoms with van der Waals surface area (Å²) in [4.78, 5) is 12.5. The largest absolute Gasteiger partial charge is 0.457 e. The predicted octanol–water partition coefficient (Wildman–Crippen LogP) is 5.61. The number of nitriles is 1. The first-order valence-electron chi connectivity index (χ1n) is 8.67. The fraction of sp³-hybridized carbons (Fsp3) is 0.273. The Morgan fingerprint density at radius 1 is 1.19 bits per heavy atom. The Kier molecular flexibility index (Phi) is 5.53. The highest BCUT2D eigenvalue weighted by Gasteiger charge is 2.61. The van der Waals surface area contributed by atoms with Gasteiger partial charge in [-0.3, -0.25) is 4.79 Å². The minimum absolute atomic E-state index is 0.0228. The van der Waals surface area contributed by atoms with Gasteiger partial charge < -0.3 is 9.47 Å². The lowest BCUT2D eigenvalue weighted by molar-refractivity contribution is -0.149. The molecule has 1 aliphatic carbocycles. The standard InChI is InChI=1S/C22H20ClNO3/c1-22(2)18(11-12-23)20(22)21(25)27-19(14-24)15-7-6-10-17(13-15)26-16-8-4-3-5-9-16/h3-13,18-20H,1-2H3/b12-11+/t18-,19?,20+/m1/s1. The Morgan fingerprint density at radius 2 is 1.89 bits per heavy atom. The quantitative estimate of drug-likeness (QED) is 0.610. The molecule has 2 aromatic carbocycles. The summed E-state index contributed by atoms with van der Waals surface area (Å²) in [5.74, 6) is 0.600. The first-order valence-corrected chi connectivity index (χ1v) is 9.11. The number of para-hydroxylation sites is 1. The summed E-state index contributed by atoms with van der Waals surface area (Å²) < 4.78 is 11.3. The van der Waals surface area contributed by atoms with Crippen molar-refractivity contribution < 1.29 is 14.3 Å². The summed E-state index contributed by atoms with van der Waals surface area (Å²) in [6, 6.07) is 18.4. The number of hydrogen-bond donors (Lipinski definition) is 0. The summed E-state index contributed by atoms with van der Waals surface area (Å²) in [7, 11) is 0. The van der Waals surface area contributed by atoms with Crippen molar-refractivity contribution in [3.8, 4) is 17.6 Å². The summed E-state index contributed by atoms with van der Waals surface area (Å²) in [5.41, 5.74) is 1.77. The highest BCUT2D eigenvalue weighted by molar-refractivity contribution is 6.25. The second-order valence-corrected chi connectivity index (χ2v) is 7.33. The normalized spacial score (nSPS) is 21.3. The van der Waals surface area contributed by atoms with Gasteiger partial charge in [0.25, 0.3) is 0 Å².